The van der Waals surface area contributed by atoms with E-state index in [-0.39, 0.29) is 43.1 Å². The fraction of sp³-hybridized carbons (Fsp3) is 0.533. The summed E-state index contributed by atoms with van der Waals surface area (Å²) in [6.45, 7) is 4.48. The zero-order chi connectivity index (χ0) is 15.9. The molecule has 138 valence electrons. The summed E-state index contributed by atoms with van der Waals surface area (Å²) in [5, 5.41) is 3.03. The van der Waals surface area contributed by atoms with Gasteiger partial charge in [-0.05, 0) is 18.2 Å². The maximum Gasteiger partial charge on any atom is 0.303 e. The Labute approximate surface area is 153 Å². The largest absolute Gasteiger partial charge is 0.459 e. The Morgan fingerprint density at radius 3 is 2.62 bits per heavy atom. The van der Waals surface area contributed by atoms with Crippen molar-refractivity contribution >= 4 is 42.2 Å². The van der Waals surface area contributed by atoms with Gasteiger partial charge in [-0.1, -0.05) is 0 Å². The lowest BCUT2D eigenvalue weighted by Crippen LogP contribution is -2.36. The fourth-order valence-electron chi connectivity index (χ4n) is 2.32. The maximum atomic E-state index is 14.2. The number of benzene rings is 1. The molecule has 1 atom stereocenters. The van der Waals surface area contributed by atoms with Crippen molar-refractivity contribution in [3.8, 4) is 0 Å². The van der Waals surface area contributed by atoms with E-state index in [1.165, 1.54) is 13.0 Å². The summed E-state index contributed by atoms with van der Waals surface area (Å²) in [5.41, 5.74) is 6.73. The van der Waals surface area contributed by atoms with Gasteiger partial charge in [-0.2, -0.15) is 0 Å². The number of carbonyl (C=O) groups is 1. The highest BCUT2D eigenvalue weighted by atomic mass is 35.5. The first-order valence-electron chi connectivity index (χ1n) is 7.33. The highest BCUT2D eigenvalue weighted by Gasteiger charge is 2.16. The second kappa shape index (κ2) is 11.3. The molecule has 1 aromatic rings. The fourth-order valence-corrected chi connectivity index (χ4v) is 2.32. The first-order valence-corrected chi connectivity index (χ1v) is 7.33. The molecule has 1 saturated heterocycles. The summed E-state index contributed by atoms with van der Waals surface area (Å²) in [6.07, 6.45) is -0.431. The lowest BCUT2D eigenvalue weighted by Gasteiger charge is -2.29. The zero-order valence-electron chi connectivity index (χ0n) is 13.5. The Kier molecular flexibility index (Phi) is 10.7. The topological polar surface area (TPSA) is 76.8 Å². The van der Waals surface area contributed by atoms with Crippen LogP contribution in [0, 0.1) is 5.82 Å². The minimum absolute atomic E-state index is 0. The van der Waals surface area contributed by atoms with Gasteiger partial charge in [0.05, 0.1) is 25.4 Å². The molecule has 1 aliphatic rings. The number of nitrogens with zero attached hydrogens (tertiary/aromatic N) is 1. The highest BCUT2D eigenvalue weighted by Crippen LogP contribution is 2.23. The van der Waals surface area contributed by atoms with Gasteiger partial charge in [-0.15, -0.1) is 24.8 Å². The van der Waals surface area contributed by atoms with Crippen LogP contribution in [0.5, 0.6) is 0 Å². The monoisotopic (exact) mass is 383 g/mol. The van der Waals surface area contributed by atoms with Crippen LogP contribution in [0.15, 0.2) is 18.2 Å². The predicted molar refractivity (Wildman–Crippen MR) is 97.0 cm³/mol. The van der Waals surface area contributed by atoms with Crippen LogP contribution in [-0.2, 0) is 14.3 Å². The Bertz CT molecular complexity index is 517. The molecule has 1 fully saturated rings. The van der Waals surface area contributed by atoms with Crippen molar-refractivity contribution in [2.45, 2.75) is 13.0 Å². The SMILES string of the molecule is CC(=O)O[C@@H](CN)CNc1ccc(N2CCOCC2)c(F)c1.Cl.Cl. The number of carbonyl (C=O) groups excluding carboxylic acids is 1. The lowest BCUT2D eigenvalue weighted by atomic mass is 10.2. The van der Waals surface area contributed by atoms with Crippen LogP contribution in [-0.4, -0.2) is 51.5 Å². The van der Waals surface area contributed by atoms with E-state index >= 15 is 0 Å². The van der Waals surface area contributed by atoms with E-state index in [0.717, 1.165) is 0 Å². The lowest BCUT2D eigenvalue weighted by molar-refractivity contribution is -0.145. The molecule has 3 N–H and O–H groups in total. The third-order valence-corrected chi connectivity index (χ3v) is 3.43. The van der Waals surface area contributed by atoms with Crippen LogP contribution in [0.3, 0.4) is 0 Å². The Hall–Kier alpha value is -1.28. The van der Waals surface area contributed by atoms with Crippen LogP contribution < -0.4 is 16.0 Å². The van der Waals surface area contributed by atoms with Gasteiger partial charge in [-0.3, -0.25) is 4.79 Å². The van der Waals surface area contributed by atoms with Crippen molar-refractivity contribution in [2.75, 3.05) is 49.6 Å². The molecular weight excluding hydrogens is 360 g/mol. The van der Waals surface area contributed by atoms with E-state index in [1.807, 2.05) is 4.90 Å². The minimum Gasteiger partial charge on any atom is -0.459 e. The molecule has 1 aromatic carbocycles. The third kappa shape index (κ3) is 6.68. The smallest absolute Gasteiger partial charge is 0.303 e. The third-order valence-electron chi connectivity index (χ3n) is 3.43. The average molecular weight is 384 g/mol. The number of halogens is 3. The standard InChI is InChI=1S/C15H22FN3O3.2ClH/c1-11(20)22-13(9-17)10-18-12-2-3-15(14(16)8-12)19-4-6-21-7-5-19;;/h2-3,8,13,18H,4-7,9-10,17H2,1H3;2*1H/t13-;;/m0../s1. The van der Waals surface area contributed by atoms with E-state index < -0.39 is 6.10 Å². The molecule has 6 nitrogen and oxygen atoms in total. The average Bonchev–Trinajstić information content (AvgIpc) is 2.52. The number of rotatable bonds is 6. The van der Waals surface area contributed by atoms with E-state index in [9.17, 15) is 9.18 Å². The second-order valence-corrected chi connectivity index (χ2v) is 5.11. The van der Waals surface area contributed by atoms with E-state index in [4.69, 9.17) is 15.2 Å². The van der Waals surface area contributed by atoms with Gasteiger partial charge in [0.25, 0.3) is 0 Å². The van der Waals surface area contributed by atoms with Crippen molar-refractivity contribution in [3.63, 3.8) is 0 Å². The summed E-state index contributed by atoms with van der Waals surface area (Å²) < 4.78 is 24.5. The Morgan fingerprint density at radius 2 is 2.08 bits per heavy atom. The number of morpholine rings is 1. The quantitative estimate of drug-likeness (QED) is 0.729. The van der Waals surface area contributed by atoms with Gasteiger partial charge in [0.15, 0.2) is 0 Å². The van der Waals surface area contributed by atoms with Crippen LogP contribution in [0.1, 0.15) is 6.92 Å². The normalized spacial score (nSPS) is 14.9. The van der Waals surface area contributed by atoms with Crippen LogP contribution in [0.25, 0.3) is 0 Å². The molecule has 0 aliphatic carbocycles. The molecule has 2 rings (SSSR count). The summed E-state index contributed by atoms with van der Waals surface area (Å²) in [7, 11) is 0. The number of hydrogen-bond donors (Lipinski definition) is 2. The van der Waals surface area contributed by atoms with Crippen LogP contribution in [0.2, 0.25) is 0 Å². The van der Waals surface area contributed by atoms with Crippen molar-refractivity contribution in [3.05, 3.63) is 24.0 Å². The predicted octanol–water partition coefficient (Wildman–Crippen LogP) is 1.81. The Balaban J connectivity index is 0.00000264. The first kappa shape index (κ1) is 22.7. The molecule has 0 amide bonds. The summed E-state index contributed by atoms with van der Waals surface area (Å²) in [6, 6.07) is 4.98. The van der Waals surface area contributed by atoms with Crippen molar-refractivity contribution in [2.24, 2.45) is 5.73 Å². The molecule has 0 spiro atoms. The molecule has 1 aliphatic heterocycles. The molecule has 0 radical (unpaired) electrons. The van der Waals surface area contributed by atoms with Gasteiger partial charge in [0.2, 0.25) is 0 Å². The molecule has 9 heteroatoms. The number of hydrogen-bond acceptors (Lipinski definition) is 6. The maximum absolute atomic E-state index is 14.2. The van der Waals surface area contributed by atoms with Gasteiger partial charge in [0, 0.05) is 32.2 Å². The zero-order valence-corrected chi connectivity index (χ0v) is 15.1. The summed E-state index contributed by atoms with van der Waals surface area (Å²) in [4.78, 5) is 12.9. The van der Waals surface area contributed by atoms with Crippen molar-refractivity contribution in [1.82, 2.24) is 0 Å². The van der Waals surface area contributed by atoms with Crippen LogP contribution >= 0.6 is 24.8 Å². The minimum atomic E-state index is -0.431. The molecule has 0 bridgehead atoms. The molecule has 0 saturated carbocycles. The number of anilines is 2. The molecule has 0 aromatic heterocycles. The first-order chi connectivity index (χ1) is 10.6. The number of ether oxygens (including phenoxy) is 2. The van der Waals surface area contributed by atoms with Gasteiger partial charge in [-0.25, -0.2) is 4.39 Å². The Morgan fingerprint density at radius 1 is 1.42 bits per heavy atom. The van der Waals surface area contributed by atoms with E-state index in [0.29, 0.717) is 44.2 Å². The van der Waals surface area contributed by atoms with Crippen molar-refractivity contribution < 1.29 is 18.7 Å². The van der Waals surface area contributed by atoms with Gasteiger partial charge < -0.3 is 25.4 Å². The second-order valence-electron chi connectivity index (χ2n) is 5.11. The highest BCUT2D eigenvalue weighted by molar-refractivity contribution is 5.85. The van der Waals surface area contributed by atoms with E-state index in [2.05, 4.69) is 5.32 Å². The van der Waals surface area contributed by atoms with Crippen molar-refractivity contribution in [1.29, 1.82) is 0 Å². The molecule has 0 unspecified atom stereocenters. The summed E-state index contributed by atoms with van der Waals surface area (Å²) in [5.74, 6) is -0.671. The number of esters is 1. The molecule has 24 heavy (non-hydrogen) atoms. The van der Waals surface area contributed by atoms with Gasteiger partial charge in [0.1, 0.15) is 11.9 Å². The number of nitrogens with two attached hydrogens (primary N) is 1. The molecule has 1 heterocycles. The van der Waals surface area contributed by atoms with E-state index in [1.54, 1.807) is 12.1 Å². The summed E-state index contributed by atoms with van der Waals surface area (Å²) >= 11 is 0. The molecular formula is C15H24Cl2FN3O3. The number of nitrogens with one attached hydrogen (secondary N) is 1. The van der Waals surface area contributed by atoms with Crippen LogP contribution in [0.4, 0.5) is 15.8 Å². The van der Waals surface area contributed by atoms with Gasteiger partial charge >= 0.3 is 5.97 Å².